The average Bonchev–Trinajstić information content (AvgIpc) is 3.60. The molecular formula is C60H117N3O5. The molecular weight excluding hydrogens is 843 g/mol. The zero-order chi connectivity index (χ0) is 49.4. The molecule has 402 valence electrons. The molecule has 0 aromatic carbocycles. The second kappa shape index (κ2) is 48.8. The molecule has 0 aliphatic carbocycles. The lowest BCUT2D eigenvalue weighted by Crippen LogP contribution is -2.45. The minimum atomic E-state index is -0.0157. The highest BCUT2D eigenvalue weighted by molar-refractivity contribution is 5.74. The van der Waals surface area contributed by atoms with Gasteiger partial charge in [0.2, 0.25) is 0 Å². The lowest BCUT2D eigenvalue weighted by Gasteiger charge is -2.30. The van der Waals surface area contributed by atoms with Gasteiger partial charge in [-0.25, -0.2) is 4.79 Å². The van der Waals surface area contributed by atoms with E-state index in [0.29, 0.717) is 37.9 Å². The summed E-state index contributed by atoms with van der Waals surface area (Å²) in [7, 11) is 0. The van der Waals surface area contributed by atoms with Crippen LogP contribution in [0.3, 0.4) is 0 Å². The number of esters is 2. The first-order valence-electron chi connectivity index (χ1n) is 30.5. The zero-order valence-electron chi connectivity index (χ0n) is 46.4. The van der Waals surface area contributed by atoms with Gasteiger partial charge in [-0.2, -0.15) is 0 Å². The van der Waals surface area contributed by atoms with Gasteiger partial charge < -0.3 is 24.2 Å². The van der Waals surface area contributed by atoms with Gasteiger partial charge in [0.1, 0.15) is 0 Å². The van der Waals surface area contributed by atoms with Crippen LogP contribution in [0.1, 0.15) is 298 Å². The molecule has 0 saturated carbocycles. The normalized spacial score (nSPS) is 13.4. The van der Waals surface area contributed by atoms with Gasteiger partial charge in [-0.15, -0.1) is 0 Å². The summed E-state index contributed by atoms with van der Waals surface area (Å²) in [5, 5.41) is 0. The van der Waals surface area contributed by atoms with Gasteiger partial charge in [0.25, 0.3) is 0 Å². The predicted molar refractivity (Wildman–Crippen MR) is 292 cm³/mol. The third-order valence-electron chi connectivity index (χ3n) is 15.0. The fourth-order valence-corrected chi connectivity index (χ4v) is 10.2. The fraction of sp³-hybridized carbons (Fsp3) is 0.950. The van der Waals surface area contributed by atoms with Gasteiger partial charge in [0, 0.05) is 45.6 Å². The summed E-state index contributed by atoms with van der Waals surface area (Å²) in [5.74, 6) is 0.995. The van der Waals surface area contributed by atoms with Crippen LogP contribution in [0.15, 0.2) is 0 Å². The Bertz CT molecular complexity index is 1020. The summed E-state index contributed by atoms with van der Waals surface area (Å²) in [4.78, 5) is 46.2. The Morgan fingerprint density at radius 1 is 0.397 bits per heavy atom. The van der Waals surface area contributed by atoms with Gasteiger partial charge in [-0.3, -0.25) is 9.59 Å². The Kier molecular flexibility index (Phi) is 46.0. The highest BCUT2D eigenvalue weighted by atomic mass is 16.5. The van der Waals surface area contributed by atoms with Crippen LogP contribution in [0.4, 0.5) is 4.79 Å². The second-order valence-corrected chi connectivity index (χ2v) is 21.4. The van der Waals surface area contributed by atoms with Gasteiger partial charge >= 0.3 is 18.0 Å². The van der Waals surface area contributed by atoms with Gasteiger partial charge in [0.05, 0.1) is 13.2 Å². The molecule has 0 atom stereocenters. The quantitative estimate of drug-likeness (QED) is 0.0446. The van der Waals surface area contributed by atoms with Crippen molar-refractivity contribution in [1.82, 2.24) is 14.7 Å². The smallest absolute Gasteiger partial charge is 0.320 e. The number of amides is 2. The molecule has 1 heterocycles. The summed E-state index contributed by atoms with van der Waals surface area (Å²) >= 11 is 0. The lowest BCUT2D eigenvalue weighted by atomic mass is 9.94. The van der Waals surface area contributed by atoms with Crippen molar-refractivity contribution >= 4 is 18.0 Å². The van der Waals surface area contributed by atoms with Crippen molar-refractivity contribution in [2.24, 2.45) is 11.8 Å². The van der Waals surface area contributed by atoms with Gasteiger partial charge in [0.15, 0.2) is 0 Å². The molecule has 2 amide bonds. The van der Waals surface area contributed by atoms with Crippen LogP contribution in [0.5, 0.6) is 0 Å². The molecule has 8 heteroatoms. The fourth-order valence-electron chi connectivity index (χ4n) is 10.2. The van der Waals surface area contributed by atoms with E-state index in [4.69, 9.17) is 9.47 Å². The van der Waals surface area contributed by atoms with E-state index in [0.717, 1.165) is 116 Å². The van der Waals surface area contributed by atoms with Crippen molar-refractivity contribution in [3.63, 3.8) is 0 Å². The number of rotatable bonds is 49. The Balaban J connectivity index is 2.46. The molecule has 0 radical (unpaired) electrons. The number of urea groups is 1. The molecule has 1 rings (SSSR count). The van der Waals surface area contributed by atoms with E-state index in [1.807, 2.05) is 0 Å². The van der Waals surface area contributed by atoms with E-state index < -0.39 is 0 Å². The number of hydrogen-bond donors (Lipinski definition) is 0. The lowest BCUT2D eigenvalue weighted by molar-refractivity contribution is -0.146. The van der Waals surface area contributed by atoms with Crippen molar-refractivity contribution in [1.29, 1.82) is 0 Å². The maximum atomic E-state index is 13.9. The Morgan fingerprint density at radius 2 is 0.735 bits per heavy atom. The number of carbonyl (C=O) groups is 3. The van der Waals surface area contributed by atoms with Crippen molar-refractivity contribution < 1.29 is 23.9 Å². The first-order valence-corrected chi connectivity index (χ1v) is 30.5. The second-order valence-electron chi connectivity index (χ2n) is 21.4. The molecule has 1 fully saturated rings. The molecule has 1 aliphatic heterocycles. The first-order chi connectivity index (χ1) is 33.4. The topological polar surface area (TPSA) is 79.4 Å². The third-order valence-corrected chi connectivity index (χ3v) is 15.0. The highest BCUT2D eigenvalue weighted by Crippen LogP contribution is 2.23. The van der Waals surface area contributed by atoms with E-state index >= 15 is 0 Å². The standard InChI is InChI=1S/C60H117N3O5/c1-6-11-15-19-25-33-42-56(43-34-26-20-16-12-7-2)54-67-58(64)46-37-29-23-31-39-49-62(60(66)63-51-41-48-61(10-5)52-53-63)50-40-32-24-30-38-47-59(65)68-55-57(44-35-27-21-17-13-8-3)45-36-28-22-18-14-9-4/h56-57H,6-55H2,1-5H3. The Hall–Kier alpha value is -1.83. The van der Waals surface area contributed by atoms with Crippen LogP contribution in [-0.2, 0) is 19.1 Å². The monoisotopic (exact) mass is 960 g/mol. The van der Waals surface area contributed by atoms with Crippen LogP contribution in [0, 0.1) is 11.8 Å². The predicted octanol–water partition coefficient (Wildman–Crippen LogP) is 17.4. The van der Waals surface area contributed by atoms with Gasteiger partial charge in [-0.1, -0.05) is 227 Å². The molecule has 1 saturated heterocycles. The van der Waals surface area contributed by atoms with Crippen molar-refractivity contribution in [3.8, 4) is 0 Å². The molecule has 0 bridgehead atoms. The van der Waals surface area contributed by atoms with Crippen molar-refractivity contribution in [2.75, 3.05) is 59.0 Å². The van der Waals surface area contributed by atoms with Gasteiger partial charge in [-0.05, 0) is 82.7 Å². The van der Waals surface area contributed by atoms with Crippen LogP contribution in [0.25, 0.3) is 0 Å². The molecule has 0 aromatic rings. The minimum Gasteiger partial charge on any atom is -0.465 e. The summed E-state index contributed by atoms with van der Waals surface area (Å²) in [6.07, 6.45) is 48.6. The molecule has 0 unspecified atom stereocenters. The Morgan fingerprint density at radius 3 is 1.10 bits per heavy atom. The first kappa shape index (κ1) is 64.2. The maximum absolute atomic E-state index is 13.9. The number of hydrogen-bond acceptors (Lipinski definition) is 6. The molecule has 0 spiro atoms. The number of ether oxygens (including phenoxy) is 2. The molecule has 0 N–H and O–H groups in total. The van der Waals surface area contributed by atoms with E-state index in [2.05, 4.69) is 49.3 Å². The largest absolute Gasteiger partial charge is 0.465 e. The van der Waals surface area contributed by atoms with Crippen molar-refractivity contribution in [2.45, 2.75) is 298 Å². The highest BCUT2D eigenvalue weighted by Gasteiger charge is 2.23. The van der Waals surface area contributed by atoms with Crippen LogP contribution >= 0.6 is 0 Å². The van der Waals surface area contributed by atoms with Crippen LogP contribution in [-0.4, -0.2) is 91.7 Å². The zero-order valence-corrected chi connectivity index (χ0v) is 46.4. The van der Waals surface area contributed by atoms with Crippen LogP contribution in [0.2, 0.25) is 0 Å². The molecule has 0 aromatic heterocycles. The minimum absolute atomic E-state index is 0.0157. The number of likely N-dealkylation sites (N-methyl/N-ethyl adjacent to an activating group) is 1. The van der Waals surface area contributed by atoms with E-state index in [-0.39, 0.29) is 18.0 Å². The number of carbonyl (C=O) groups excluding carboxylic acids is 3. The summed E-state index contributed by atoms with van der Waals surface area (Å²) < 4.78 is 11.8. The molecule has 1 aliphatic rings. The number of unbranched alkanes of at least 4 members (excludes halogenated alkanes) is 28. The van der Waals surface area contributed by atoms with Crippen molar-refractivity contribution in [3.05, 3.63) is 0 Å². The molecule has 68 heavy (non-hydrogen) atoms. The summed E-state index contributed by atoms with van der Waals surface area (Å²) in [5.41, 5.74) is 0. The number of nitrogens with zero attached hydrogens (tertiary/aromatic N) is 3. The van der Waals surface area contributed by atoms with E-state index in [9.17, 15) is 14.4 Å². The summed E-state index contributed by atoms with van der Waals surface area (Å²) in [6, 6.07) is 0.214. The SMILES string of the molecule is CCCCCCCCC(CCCCCCCC)COC(=O)CCCCCCCN(CCCCCCCC(=O)OCC(CCCCCCCC)CCCCCCCC)C(=O)N1CCCN(CC)CC1. The maximum Gasteiger partial charge on any atom is 0.320 e. The van der Waals surface area contributed by atoms with E-state index in [1.54, 1.807) is 0 Å². The Labute approximate surface area is 423 Å². The third kappa shape index (κ3) is 38.9. The average molecular weight is 961 g/mol. The van der Waals surface area contributed by atoms with E-state index in [1.165, 1.54) is 180 Å². The summed E-state index contributed by atoms with van der Waals surface area (Å²) in [6.45, 7) is 18.9. The van der Waals surface area contributed by atoms with Crippen LogP contribution < -0.4 is 0 Å². The molecule has 8 nitrogen and oxygen atoms in total.